The molecule has 0 saturated heterocycles. The fraction of sp³-hybridized carbons (Fsp3) is 0.111. The summed E-state index contributed by atoms with van der Waals surface area (Å²) in [6.45, 7) is 3.85. The number of non-ortho nitro benzene ring substituents is 1. The van der Waals surface area contributed by atoms with E-state index in [-0.39, 0.29) is 18.1 Å². The molecule has 3 aromatic carbocycles. The molecule has 38 heavy (non-hydrogen) atoms. The minimum Gasteiger partial charge on any atom is -0.450 e. The van der Waals surface area contributed by atoms with Crippen molar-refractivity contribution < 1.29 is 19.4 Å². The Hall–Kier alpha value is -5.32. The molecule has 0 aliphatic heterocycles. The van der Waals surface area contributed by atoms with Crippen molar-refractivity contribution in [2.75, 3.05) is 0 Å². The molecule has 0 fully saturated rings. The number of carbonyl (C=O) groups excluding carboxylic acids is 1. The first-order chi connectivity index (χ1) is 18.2. The molecule has 0 atom stereocenters. The van der Waals surface area contributed by atoms with Gasteiger partial charge in [0.25, 0.3) is 5.69 Å². The van der Waals surface area contributed by atoms with Crippen molar-refractivity contribution in [2.24, 2.45) is 5.10 Å². The van der Waals surface area contributed by atoms with E-state index in [0.29, 0.717) is 5.75 Å². The van der Waals surface area contributed by atoms with Gasteiger partial charge in [-0.05, 0) is 55.8 Å². The predicted octanol–water partition coefficient (Wildman–Crippen LogP) is 5.40. The van der Waals surface area contributed by atoms with Crippen LogP contribution in [0.2, 0.25) is 0 Å². The normalized spacial score (nSPS) is 10.9. The monoisotopic (exact) mass is 513 g/mol. The number of benzene rings is 3. The van der Waals surface area contributed by atoms with Crippen LogP contribution in [-0.4, -0.2) is 26.5 Å². The van der Waals surface area contributed by atoms with Crippen LogP contribution in [0.1, 0.15) is 22.5 Å². The second-order valence-corrected chi connectivity index (χ2v) is 8.38. The van der Waals surface area contributed by atoms with Crippen LogP contribution >= 0.6 is 0 Å². The number of aryl methyl sites for hydroxylation is 1. The van der Waals surface area contributed by atoms with Crippen molar-refractivity contribution in [2.45, 2.75) is 20.3 Å². The van der Waals surface area contributed by atoms with E-state index in [9.17, 15) is 25.0 Å². The molecule has 192 valence electrons. The van der Waals surface area contributed by atoms with Crippen LogP contribution in [0, 0.1) is 34.1 Å². The number of nitro groups is 2. The molecule has 0 bridgehead atoms. The molecule has 1 aromatic heterocycles. The first-order valence-corrected chi connectivity index (χ1v) is 11.5. The van der Waals surface area contributed by atoms with Gasteiger partial charge in [-0.25, -0.2) is 5.43 Å². The van der Waals surface area contributed by atoms with Crippen LogP contribution in [0.25, 0.3) is 5.69 Å². The SMILES string of the molecule is Cc1cc(/C=N/NC(=O)Cc2ccccc2)c(C)n1-c1ccc(Oc2ccc([N+](=O)[O-])cc2[N+](=O)[O-])cc1. The van der Waals surface area contributed by atoms with Gasteiger partial charge in [0.1, 0.15) is 5.75 Å². The number of hydrazone groups is 1. The van der Waals surface area contributed by atoms with Crippen LogP contribution in [0.3, 0.4) is 0 Å². The van der Waals surface area contributed by atoms with E-state index in [2.05, 4.69) is 10.5 Å². The minimum absolute atomic E-state index is 0.102. The van der Waals surface area contributed by atoms with Gasteiger partial charge in [-0.3, -0.25) is 25.0 Å². The number of nitro benzene ring substituents is 2. The van der Waals surface area contributed by atoms with Crippen molar-refractivity contribution in [1.82, 2.24) is 9.99 Å². The molecule has 0 unspecified atom stereocenters. The van der Waals surface area contributed by atoms with Crippen LogP contribution in [0.15, 0.2) is 84.0 Å². The van der Waals surface area contributed by atoms with Gasteiger partial charge < -0.3 is 9.30 Å². The van der Waals surface area contributed by atoms with Crippen molar-refractivity contribution in [3.63, 3.8) is 0 Å². The zero-order valence-corrected chi connectivity index (χ0v) is 20.5. The smallest absolute Gasteiger partial charge is 0.318 e. The fourth-order valence-corrected chi connectivity index (χ4v) is 3.95. The first-order valence-electron chi connectivity index (χ1n) is 11.5. The lowest BCUT2D eigenvalue weighted by Crippen LogP contribution is -2.19. The number of aromatic nitrogens is 1. The standard InChI is InChI=1S/C27H23N5O6/c1-18-14-21(17-28-29-27(33)15-20-6-4-3-5-7-20)19(2)30(18)22-8-11-24(12-9-22)38-26-13-10-23(31(34)35)16-25(26)32(36)37/h3-14,16-17H,15H2,1-2H3,(H,29,33)/b28-17+. The maximum atomic E-state index is 12.1. The van der Waals surface area contributed by atoms with Crippen LogP contribution in [0.5, 0.6) is 11.5 Å². The van der Waals surface area contributed by atoms with Crippen molar-refractivity contribution in [3.8, 4) is 17.2 Å². The summed E-state index contributed by atoms with van der Waals surface area (Å²) in [5.41, 5.74) is 6.01. The number of ether oxygens (including phenoxy) is 1. The molecule has 11 nitrogen and oxygen atoms in total. The number of nitrogens with one attached hydrogen (secondary N) is 1. The maximum Gasteiger partial charge on any atom is 0.318 e. The van der Waals surface area contributed by atoms with Gasteiger partial charge in [0, 0.05) is 28.7 Å². The Morgan fingerprint density at radius 1 is 0.974 bits per heavy atom. The quantitative estimate of drug-likeness (QED) is 0.180. The molecule has 4 aromatic rings. The van der Waals surface area contributed by atoms with Gasteiger partial charge in [0.15, 0.2) is 0 Å². The molecule has 1 N–H and O–H groups in total. The topological polar surface area (TPSA) is 142 Å². The number of carbonyl (C=O) groups is 1. The lowest BCUT2D eigenvalue weighted by atomic mass is 10.1. The highest BCUT2D eigenvalue weighted by atomic mass is 16.6. The van der Waals surface area contributed by atoms with Gasteiger partial charge in [-0.1, -0.05) is 30.3 Å². The Kier molecular flexibility index (Phi) is 7.57. The largest absolute Gasteiger partial charge is 0.450 e. The average molecular weight is 514 g/mol. The highest BCUT2D eigenvalue weighted by Gasteiger charge is 2.21. The molecular formula is C27H23N5O6. The van der Waals surface area contributed by atoms with E-state index in [1.807, 2.05) is 54.8 Å². The van der Waals surface area contributed by atoms with E-state index in [4.69, 9.17) is 4.74 Å². The summed E-state index contributed by atoms with van der Waals surface area (Å²) < 4.78 is 7.64. The highest BCUT2D eigenvalue weighted by Crippen LogP contribution is 2.34. The maximum absolute atomic E-state index is 12.1. The third-order valence-electron chi connectivity index (χ3n) is 5.74. The first kappa shape index (κ1) is 25.8. The van der Waals surface area contributed by atoms with Crippen molar-refractivity contribution in [3.05, 3.63) is 122 Å². The zero-order valence-electron chi connectivity index (χ0n) is 20.5. The zero-order chi connectivity index (χ0) is 27.2. The summed E-state index contributed by atoms with van der Waals surface area (Å²) >= 11 is 0. The highest BCUT2D eigenvalue weighted by molar-refractivity contribution is 5.84. The molecule has 0 aliphatic rings. The van der Waals surface area contributed by atoms with E-state index >= 15 is 0 Å². The molecule has 1 amide bonds. The molecule has 0 spiro atoms. The fourth-order valence-electron chi connectivity index (χ4n) is 3.95. The van der Waals surface area contributed by atoms with Gasteiger partial charge in [0.05, 0.1) is 28.5 Å². The Balaban J connectivity index is 1.47. The number of rotatable bonds is 9. The third-order valence-corrected chi connectivity index (χ3v) is 5.74. The predicted molar refractivity (Wildman–Crippen MR) is 141 cm³/mol. The van der Waals surface area contributed by atoms with Gasteiger partial charge in [-0.2, -0.15) is 5.10 Å². The molecular weight excluding hydrogens is 490 g/mol. The Morgan fingerprint density at radius 3 is 2.34 bits per heavy atom. The number of amides is 1. The van der Waals surface area contributed by atoms with Gasteiger partial charge in [0.2, 0.25) is 11.7 Å². The van der Waals surface area contributed by atoms with Crippen molar-refractivity contribution in [1.29, 1.82) is 0 Å². The Bertz CT molecular complexity index is 1530. The Labute approximate surface area is 217 Å². The summed E-state index contributed by atoms with van der Waals surface area (Å²) in [6, 6.07) is 21.4. The van der Waals surface area contributed by atoms with E-state index in [0.717, 1.165) is 40.3 Å². The summed E-state index contributed by atoms with van der Waals surface area (Å²) in [4.78, 5) is 33.0. The molecule has 11 heteroatoms. The molecule has 4 rings (SSSR count). The van der Waals surface area contributed by atoms with Crippen LogP contribution in [0.4, 0.5) is 11.4 Å². The second-order valence-electron chi connectivity index (χ2n) is 8.38. The number of hydrogen-bond donors (Lipinski definition) is 1. The van der Waals surface area contributed by atoms with Gasteiger partial charge >= 0.3 is 5.69 Å². The lowest BCUT2D eigenvalue weighted by molar-refractivity contribution is -0.394. The number of hydrogen-bond acceptors (Lipinski definition) is 7. The summed E-state index contributed by atoms with van der Waals surface area (Å²) in [5, 5.41) is 26.4. The van der Waals surface area contributed by atoms with E-state index in [1.165, 1.54) is 6.07 Å². The number of nitrogens with zero attached hydrogens (tertiary/aromatic N) is 4. The Morgan fingerprint density at radius 2 is 1.68 bits per heavy atom. The van der Waals surface area contributed by atoms with Crippen LogP contribution in [-0.2, 0) is 11.2 Å². The lowest BCUT2D eigenvalue weighted by Gasteiger charge is -2.11. The summed E-state index contributed by atoms with van der Waals surface area (Å²) in [6.07, 6.45) is 1.82. The minimum atomic E-state index is -0.726. The van der Waals surface area contributed by atoms with Crippen LogP contribution < -0.4 is 10.2 Å². The average Bonchev–Trinajstić information content (AvgIpc) is 3.17. The van der Waals surface area contributed by atoms with E-state index in [1.54, 1.807) is 30.5 Å². The molecule has 0 aliphatic carbocycles. The molecule has 1 heterocycles. The molecule has 0 saturated carbocycles. The van der Waals surface area contributed by atoms with E-state index < -0.39 is 21.2 Å². The van der Waals surface area contributed by atoms with Gasteiger partial charge in [-0.15, -0.1) is 0 Å². The summed E-state index contributed by atoms with van der Waals surface area (Å²) in [7, 11) is 0. The third kappa shape index (κ3) is 5.90. The molecule has 0 radical (unpaired) electrons. The van der Waals surface area contributed by atoms with Crippen molar-refractivity contribution >= 4 is 23.5 Å². The second kappa shape index (κ2) is 11.2. The summed E-state index contributed by atoms with van der Waals surface area (Å²) in [5.74, 6) is 0.00988.